The Morgan fingerprint density at radius 1 is 1.47 bits per heavy atom. The van der Waals surface area contributed by atoms with Gasteiger partial charge in [0.05, 0.1) is 0 Å². The van der Waals surface area contributed by atoms with Gasteiger partial charge >= 0.3 is 12.1 Å². The number of aliphatic carboxylic acids is 1. The Morgan fingerprint density at radius 2 is 2.05 bits per heavy atom. The van der Waals surface area contributed by atoms with E-state index in [2.05, 4.69) is 5.32 Å². The Hall–Kier alpha value is -1.79. The van der Waals surface area contributed by atoms with Crippen molar-refractivity contribution in [2.24, 2.45) is 0 Å². The Kier molecular flexibility index (Phi) is 4.39. The van der Waals surface area contributed by atoms with Crippen molar-refractivity contribution in [2.45, 2.75) is 51.8 Å². The maximum atomic E-state index is 11.9. The number of hydrogen-bond donors (Lipinski definition) is 2. The molecule has 7 nitrogen and oxygen atoms in total. The number of carbonyl (C=O) groups is 3. The Bertz CT molecular complexity index is 388. The van der Waals surface area contributed by atoms with Gasteiger partial charge in [-0.3, -0.25) is 4.79 Å². The van der Waals surface area contributed by atoms with Gasteiger partial charge in [-0.25, -0.2) is 9.59 Å². The highest BCUT2D eigenvalue weighted by atomic mass is 16.6. The smallest absolute Gasteiger partial charge is 0.408 e. The first-order valence-corrected chi connectivity index (χ1v) is 6.14. The lowest BCUT2D eigenvalue weighted by Crippen LogP contribution is -2.47. The van der Waals surface area contributed by atoms with Crippen LogP contribution in [0.25, 0.3) is 0 Å². The van der Waals surface area contributed by atoms with Crippen LogP contribution in [0.5, 0.6) is 0 Å². The molecule has 1 aliphatic heterocycles. The summed E-state index contributed by atoms with van der Waals surface area (Å²) in [5, 5.41) is 11.3. The maximum absolute atomic E-state index is 11.9. The number of amides is 2. The molecule has 0 aromatic carbocycles. The number of alkyl carbamates (subject to hydrolysis) is 1. The molecule has 1 heterocycles. The number of likely N-dealkylation sites (tertiary alicyclic amines) is 1. The van der Waals surface area contributed by atoms with E-state index in [1.54, 1.807) is 20.8 Å². The molecule has 1 rings (SSSR count). The molecule has 0 bridgehead atoms. The number of rotatable bonds is 3. The van der Waals surface area contributed by atoms with Crippen LogP contribution in [0.2, 0.25) is 0 Å². The lowest BCUT2D eigenvalue weighted by atomic mass is 10.2. The molecular formula is C12H20N2O5. The van der Waals surface area contributed by atoms with Gasteiger partial charge in [0.25, 0.3) is 0 Å². The van der Waals surface area contributed by atoms with Crippen LogP contribution in [0.15, 0.2) is 0 Å². The van der Waals surface area contributed by atoms with Gasteiger partial charge in [-0.1, -0.05) is 0 Å². The van der Waals surface area contributed by atoms with Crippen molar-refractivity contribution in [1.29, 1.82) is 0 Å². The fourth-order valence-corrected chi connectivity index (χ4v) is 1.80. The highest BCUT2D eigenvalue weighted by Crippen LogP contribution is 2.15. The van der Waals surface area contributed by atoms with E-state index in [9.17, 15) is 14.4 Å². The number of nitrogens with one attached hydrogen (secondary N) is 1. The number of ether oxygens (including phenoxy) is 1. The molecule has 0 radical (unpaired) electrons. The van der Waals surface area contributed by atoms with Gasteiger partial charge in [-0.05, 0) is 34.1 Å². The second kappa shape index (κ2) is 5.46. The van der Waals surface area contributed by atoms with E-state index in [4.69, 9.17) is 9.84 Å². The maximum Gasteiger partial charge on any atom is 0.408 e. The quantitative estimate of drug-likeness (QED) is 0.783. The zero-order valence-corrected chi connectivity index (χ0v) is 11.6. The molecule has 2 amide bonds. The summed E-state index contributed by atoms with van der Waals surface area (Å²) in [5.41, 5.74) is -0.639. The average molecular weight is 272 g/mol. The van der Waals surface area contributed by atoms with Gasteiger partial charge in [0.1, 0.15) is 17.7 Å². The molecular weight excluding hydrogens is 252 g/mol. The Balaban J connectivity index is 2.57. The van der Waals surface area contributed by atoms with E-state index >= 15 is 0 Å². The first-order chi connectivity index (χ1) is 8.61. The molecule has 0 aromatic heterocycles. The number of hydrogen-bond acceptors (Lipinski definition) is 4. The fraction of sp³-hybridized carbons (Fsp3) is 0.750. The van der Waals surface area contributed by atoms with E-state index in [1.807, 2.05) is 0 Å². The van der Waals surface area contributed by atoms with Crippen LogP contribution < -0.4 is 5.32 Å². The van der Waals surface area contributed by atoms with E-state index in [0.29, 0.717) is 13.0 Å². The SMILES string of the molecule is C[C@@H](C(=O)O)N1CCC(NC(=O)OC(C)(C)C)C1=O. The summed E-state index contributed by atoms with van der Waals surface area (Å²) in [6, 6.07) is -1.60. The minimum atomic E-state index is -1.06. The summed E-state index contributed by atoms with van der Waals surface area (Å²) in [4.78, 5) is 35.6. The van der Waals surface area contributed by atoms with Crippen LogP contribution >= 0.6 is 0 Å². The summed E-state index contributed by atoms with van der Waals surface area (Å²) in [6.07, 6.45) is -0.286. The second-order valence-corrected chi connectivity index (χ2v) is 5.53. The molecule has 0 saturated carbocycles. The van der Waals surface area contributed by atoms with Crippen LogP contribution in [-0.2, 0) is 14.3 Å². The van der Waals surface area contributed by atoms with Crippen molar-refractivity contribution in [1.82, 2.24) is 10.2 Å². The van der Waals surface area contributed by atoms with Crippen LogP contribution in [0.4, 0.5) is 4.79 Å². The van der Waals surface area contributed by atoms with E-state index in [1.165, 1.54) is 11.8 Å². The third kappa shape index (κ3) is 4.11. The number of carboxylic acid groups (broad SMARTS) is 1. The van der Waals surface area contributed by atoms with Crippen molar-refractivity contribution in [3.05, 3.63) is 0 Å². The summed E-state index contributed by atoms with van der Waals surface area (Å²) >= 11 is 0. The van der Waals surface area contributed by atoms with Gasteiger partial charge in [-0.15, -0.1) is 0 Å². The molecule has 1 aliphatic rings. The molecule has 1 saturated heterocycles. The lowest BCUT2D eigenvalue weighted by molar-refractivity contribution is -0.147. The summed E-state index contributed by atoms with van der Waals surface area (Å²) in [5.74, 6) is -1.45. The van der Waals surface area contributed by atoms with Gasteiger partial charge in [0, 0.05) is 6.54 Å². The topological polar surface area (TPSA) is 95.9 Å². The van der Waals surface area contributed by atoms with E-state index in [-0.39, 0.29) is 5.91 Å². The van der Waals surface area contributed by atoms with Gasteiger partial charge in [0.15, 0.2) is 0 Å². The highest BCUT2D eigenvalue weighted by molar-refractivity contribution is 5.90. The summed E-state index contributed by atoms with van der Waals surface area (Å²) < 4.78 is 5.05. The van der Waals surface area contributed by atoms with Crippen LogP contribution in [0, 0.1) is 0 Å². The third-order valence-corrected chi connectivity index (χ3v) is 2.76. The predicted octanol–water partition coefficient (Wildman–Crippen LogP) is 0.585. The molecule has 2 N–H and O–H groups in total. The summed E-state index contributed by atoms with van der Waals surface area (Å²) in [7, 11) is 0. The van der Waals surface area contributed by atoms with Crippen molar-refractivity contribution < 1.29 is 24.2 Å². The minimum absolute atomic E-state index is 0.312. The Labute approximate surface area is 111 Å². The van der Waals surface area contributed by atoms with Gasteiger partial charge in [0.2, 0.25) is 5.91 Å². The number of nitrogens with zero attached hydrogens (tertiary/aromatic N) is 1. The zero-order chi connectivity index (χ0) is 14.8. The molecule has 0 aromatic rings. The van der Waals surface area contributed by atoms with Crippen molar-refractivity contribution in [3.8, 4) is 0 Å². The number of carboxylic acids is 1. The molecule has 19 heavy (non-hydrogen) atoms. The van der Waals surface area contributed by atoms with Gasteiger partial charge in [-0.2, -0.15) is 0 Å². The molecule has 1 fully saturated rings. The number of carbonyl (C=O) groups excluding carboxylic acids is 2. The van der Waals surface area contributed by atoms with Crippen molar-refractivity contribution in [3.63, 3.8) is 0 Å². The molecule has 0 spiro atoms. The largest absolute Gasteiger partial charge is 0.480 e. The molecule has 108 valence electrons. The van der Waals surface area contributed by atoms with Crippen molar-refractivity contribution in [2.75, 3.05) is 6.54 Å². The second-order valence-electron chi connectivity index (χ2n) is 5.53. The van der Waals surface area contributed by atoms with Crippen LogP contribution in [-0.4, -0.2) is 52.2 Å². The lowest BCUT2D eigenvalue weighted by Gasteiger charge is -2.23. The van der Waals surface area contributed by atoms with E-state index < -0.39 is 29.7 Å². The summed E-state index contributed by atoms with van der Waals surface area (Å²) in [6.45, 7) is 6.93. The van der Waals surface area contributed by atoms with Crippen LogP contribution in [0.1, 0.15) is 34.1 Å². The molecule has 1 unspecified atom stereocenters. The minimum Gasteiger partial charge on any atom is -0.480 e. The van der Waals surface area contributed by atoms with Gasteiger partial charge < -0.3 is 20.1 Å². The first kappa shape index (κ1) is 15.3. The molecule has 7 heteroatoms. The third-order valence-electron chi connectivity index (χ3n) is 2.76. The van der Waals surface area contributed by atoms with Crippen LogP contribution in [0.3, 0.4) is 0 Å². The highest BCUT2D eigenvalue weighted by Gasteiger charge is 2.38. The Morgan fingerprint density at radius 3 is 2.53 bits per heavy atom. The first-order valence-electron chi connectivity index (χ1n) is 6.14. The monoisotopic (exact) mass is 272 g/mol. The standard InChI is InChI=1S/C12H20N2O5/c1-7(10(16)17)14-6-5-8(9(14)15)13-11(18)19-12(2,3)4/h7-8H,5-6H2,1-4H3,(H,13,18)(H,16,17)/t7-,8?/m0/s1. The van der Waals surface area contributed by atoms with E-state index in [0.717, 1.165) is 0 Å². The zero-order valence-electron chi connectivity index (χ0n) is 11.6. The van der Waals surface area contributed by atoms with Crippen molar-refractivity contribution >= 4 is 18.0 Å². The molecule has 0 aliphatic carbocycles. The average Bonchev–Trinajstić information content (AvgIpc) is 2.56. The molecule has 2 atom stereocenters. The fourth-order valence-electron chi connectivity index (χ4n) is 1.80. The predicted molar refractivity (Wildman–Crippen MR) is 66.6 cm³/mol. The normalized spacial score (nSPS) is 21.2.